The van der Waals surface area contributed by atoms with Crippen molar-refractivity contribution in [3.8, 4) is 0 Å². The molecule has 0 heterocycles. The van der Waals surface area contributed by atoms with Gasteiger partial charge in [0.15, 0.2) is 0 Å². The zero-order chi connectivity index (χ0) is 12.8. The van der Waals surface area contributed by atoms with Gasteiger partial charge in [0.2, 0.25) is 0 Å². The molecule has 3 N–H and O–H groups in total. The van der Waals surface area contributed by atoms with Crippen molar-refractivity contribution in [2.75, 3.05) is 13.1 Å². The molecule has 1 aromatic rings. The number of nitrogens with one attached hydrogen (secondary N) is 1. The fraction of sp³-hybridized carbons (Fsp3) is 0.600. The summed E-state index contributed by atoms with van der Waals surface area (Å²) in [5, 5.41) is 3.52. The van der Waals surface area contributed by atoms with Crippen LogP contribution in [0.4, 0.5) is 0 Å². The van der Waals surface area contributed by atoms with Gasteiger partial charge in [0.1, 0.15) is 0 Å². The Morgan fingerprint density at radius 2 is 1.76 bits per heavy atom. The van der Waals surface area contributed by atoms with Gasteiger partial charge in [-0.1, -0.05) is 31.0 Å². The highest BCUT2D eigenvalue weighted by Crippen LogP contribution is 2.16. The lowest BCUT2D eigenvalue weighted by Gasteiger charge is -2.16. The van der Waals surface area contributed by atoms with Crippen LogP contribution in [0, 0.1) is 26.7 Å². The van der Waals surface area contributed by atoms with Gasteiger partial charge >= 0.3 is 0 Å². The third kappa shape index (κ3) is 4.14. The van der Waals surface area contributed by atoms with Crippen LogP contribution in [-0.2, 0) is 6.54 Å². The van der Waals surface area contributed by atoms with Crippen molar-refractivity contribution in [3.63, 3.8) is 0 Å². The molecule has 2 heteroatoms. The summed E-state index contributed by atoms with van der Waals surface area (Å²) in [7, 11) is 0. The molecule has 96 valence electrons. The predicted molar refractivity (Wildman–Crippen MR) is 75.2 cm³/mol. The van der Waals surface area contributed by atoms with E-state index in [-0.39, 0.29) is 0 Å². The summed E-state index contributed by atoms with van der Waals surface area (Å²) in [6, 6.07) is 4.51. The Kier molecular flexibility index (Phi) is 5.66. The SMILES string of the molecule is CCC(CN)CNCc1c(C)cc(C)cc1C. The molecule has 0 fully saturated rings. The average molecular weight is 234 g/mol. The Morgan fingerprint density at radius 3 is 2.24 bits per heavy atom. The molecule has 0 aliphatic heterocycles. The van der Waals surface area contributed by atoms with Gasteiger partial charge in [-0.15, -0.1) is 0 Å². The molecule has 1 atom stereocenters. The minimum atomic E-state index is 0.598. The molecule has 17 heavy (non-hydrogen) atoms. The highest BCUT2D eigenvalue weighted by Gasteiger charge is 2.06. The number of aryl methyl sites for hydroxylation is 3. The van der Waals surface area contributed by atoms with Crippen LogP contribution in [0.15, 0.2) is 12.1 Å². The average Bonchev–Trinajstić information content (AvgIpc) is 2.27. The molecular formula is C15H26N2. The summed E-state index contributed by atoms with van der Waals surface area (Å²) in [4.78, 5) is 0. The number of hydrogen-bond donors (Lipinski definition) is 2. The normalized spacial score (nSPS) is 12.8. The molecule has 0 saturated heterocycles. The van der Waals surface area contributed by atoms with Crippen LogP contribution in [0.3, 0.4) is 0 Å². The zero-order valence-electron chi connectivity index (χ0n) is 11.6. The molecule has 2 nitrogen and oxygen atoms in total. The van der Waals surface area contributed by atoms with Crippen LogP contribution in [0.1, 0.15) is 35.6 Å². The Morgan fingerprint density at radius 1 is 1.18 bits per heavy atom. The molecule has 1 unspecified atom stereocenters. The van der Waals surface area contributed by atoms with E-state index in [9.17, 15) is 0 Å². The topological polar surface area (TPSA) is 38.0 Å². The monoisotopic (exact) mass is 234 g/mol. The van der Waals surface area contributed by atoms with E-state index >= 15 is 0 Å². The first-order valence-corrected chi connectivity index (χ1v) is 6.56. The first kappa shape index (κ1) is 14.2. The number of nitrogens with two attached hydrogens (primary N) is 1. The summed E-state index contributed by atoms with van der Waals surface area (Å²) in [6.07, 6.45) is 1.15. The lowest BCUT2D eigenvalue weighted by Crippen LogP contribution is -2.27. The van der Waals surface area contributed by atoms with Crippen LogP contribution >= 0.6 is 0 Å². The van der Waals surface area contributed by atoms with E-state index in [0.717, 1.165) is 26.1 Å². The summed E-state index contributed by atoms with van der Waals surface area (Å²) >= 11 is 0. The summed E-state index contributed by atoms with van der Waals surface area (Å²) in [5.41, 5.74) is 11.2. The molecule has 0 saturated carbocycles. The summed E-state index contributed by atoms with van der Waals surface area (Å²) < 4.78 is 0. The van der Waals surface area contributed by atoms with Gasteiger partial charge < -0.3 is 11.1 Å². The standard InChI is InChI=1S/C15H26N2/c1-5-14(8-16)9-17-10-15-12(3)6-11(2)7-13(15)4/h6-7,14,17H,5,8-10,16H2,1-4H3. The van der Waals surface area contributed by atoms with Gasteiger partial charge in [-0.05, 0) is 56.5 Å². The smallest absolute Gasteiger partial charge is 0.0210 e. The predicted octanol–water partition coefficient (Wildman–Crippen LogP) is 2.69. The van der Waals surface area contributed by atoms with E-state index in [4.69, 9.17) is 5.73 Å². The van der Waals surface area contributed by atoms with Crippen molar-refractivity contribution in [2.24, 2.45) is 11.7 Å². The van der Waals surface area contributed by atoms with E-state index < -0.39 is 0 Å². The lowest BCUT2D eigenvalue weighted by atomic mass is 9.99. The minimum Gasteiger partial charge on any atom is -0.330 e. The molecule has 1 rings (SSSR count). The number of hydrogen-bond acceptors (Lipinski definition) is 2. The zero-order valence-corrected chi connectivity index (χ0v) is 11.6. The van der Waals surface area contributed by atoms with Crippen molar-refractivity contribution >= 4 is 0 Å². The van der Waals surface area contributed by atoms with E-state index in [0.29, 0.717) is 5.92 Å². The number of rotatable bonds is 6. The third-order valence-electron chi connectivity index (χ3n) is 3.49. The first-order valence-electron chi connectivity index (χ1n) is 6.56. The van der Waals surface area contributed by atoms with Gasteiger partial charge in [-0.3, -0.25) is 0 Å². The molecule has 0 aliphatic carbocycles. The molecule has 0 aliphatic rings. The van der Waals surface area contributed by atoms with Crippen LogP contribution in [-0.4, -0.2) is 13.1 Å². The van der Waals surface area contributed by atoms with Crippen LogP contribution in [0.25, 0.3) is 0 Å². The van der Waals surface area contributed by atoms with Crippen LogP contribution in [0.5, 0.6) is 0 Å². The van der Waals surface area contributed by atoms with Crippen molar-refractivity contribution in [1.82, 2.24) is 5.32 Å². The number of benzene rings is 1. The Hall–Kier alpha value is -0.860. The molecular weight excluding hydrogens is 208 g/mol. The fourth-order valence-corrected chi connectivity index (χ4v) is 2.28. The Bertz CT molecular complexity index is 331. The molecule has 0 bridgehead atoms. The fourth-order valence-electron chi connectivity index (χ4n) is 2.28. The second kappa shape index (κ2) is 6.77. The first-order chi connectivity index (χ1) is 8.08. The Balaban J connectivity index is 2.58. The van der Waals surface area contributed by atoms with Gasteiger partial charge in [0, 0.05) is 6.54 Å². The Labute approximate surface area is 106 Å². The van der Waals surface area contributed by atoms with Crippen LogP contribution < -0.4 is 11.1 Å². The minimum absolute atomic E-state index is 0.598. The van der Waals surface area contributed by atoms with Gasteiger partial charge in [-0.25, -0.2) is 0 Å². The second-order valence-corrected chi connectivity index (χ2v) is 5.02. The van der Waals surface area contributed by atoms with E-state index in [1.54, 1.807) is 0 Å². The van der Waals surface area contributed by atoms with E-state index in [1.165, 1.54) is 22.3 Å². The third-order valence-corrected chi connectivity index (χ3v) is 3.49. The van der Waals surface area contributed by atoms with E-state index in [2.05, 4.69) is 45.1 Å². The molecule has 1 aromatic carbocycles. The molecule has 0 radical (unpaired) electrons. The lowest BCUT2D eigenvalue weighted by molar-refractivity contribution is 0.471. The second-order valence-electron chi connectivity index (χ2n) is 5.02. The maximum Gasteiger partial charge on any atom is 0.0210 e. The highest BCUT2D eigenvalue weighted by atomic mass is 14.9. The van der Waals surface area contributed by atoms with Gasteiger partial charge in [0.25, 0.3) is 0 Å². The van der Waals surface area contributed by atoms with E-state index in [1.807, 2.05) is 0 Å². The van der Waals surface area contributed by atoms with Crippen molar-refractivity contribution in [1.29, 1.82) is 0 Å². The van der Waals surface area contributed by atoms with Crippen molar-refractivity contribution in [3.05, 3.63) is 34.4 Å². The maximum absolute atomic E-state index is 5.70. The summed E-state index contributed by atoms with van der Waals surface area (Å²) in [6.45, 7) is 11.5. The van der Waals surface area contributed by atoms with Crippen LogP contribution in [0.2, 0.25) is 0 Å². The molecule has 0 spiro atoms. The highest BCUT2D eigenvalue weighted by molar-refractivity contribution is 5.37. The largest absolute Gasteiger partial charge is 0.330 e. The van der Waals surface area contributed by atoms with Gasteiger partial charge in [-0.2, -0.15) is 0 Å². The van der Waals surface area contributed by atoms with Gasteiger partial charge in [0.05, 0.1) is 0 Å². The summed E-state index contributed by atoms with van der Waals surface area (Å²) in [5.74, 6) is 0.598. The van der Waals surface area contributed by atoms with Crippen molar-refractivity contribution in [2.45, 2.75) is 40.7 Å². The van der Waals surface area contributed by atoms with Crippen molar-refractivity contribution < 1.29 is 0 Å². The molecule has 0 aromatic heterocycles. The quantitative estimate of drug-likeness (QED) is 0.794. The molecule has 0 amide bonds. The maximum atomic E-state index is 5.70.